The molecule has 0 atom stereocenters. The van der Waals surface area contributed by atoms with E-state index in [9.17, 15) is 10.1 Å². The molecular formula is C18H25IN6O3. The van der Waals surface area contributed by atoms with Gasteiger partial charge in [0, 0.05) is 51.4 Å². The average Bonchev–Trinajstić information content (AvgIpc) is 3.19. The Morgan fingerprint density at radius 3 is 2.68 bits per heavy atom. The van der Waals surface area contributed by atoms with Gasteiger partial charge >= 0.3 is 0 Å². The molecule has 0 saturated carbocycles. The smallest absolute Gasteiger partial charge is 0.274 e. The maximum absolute atomic E-state index is 11.2. The fourth-order valence-corrected chi connectivity index (χ4v) is 3.07. The molecule has 1 aliphatic heterocycles. The van der Waals surface area contributed by atoms with Gasteiger partial charge in [0.05, 0.1) is 22.7 Å². The monoisotopic (exact) mass is 500 g/mol. The van der Waals surface area contributed by atoms with E-state index in [1.807, 2.05) is 13.0 Å². The molecule has 1 saturated heterocycles. The molecule has 1 fully saturated rings. The number of nitrogens with one attached hydrogen (secondary N) is 1. The average molecular weight is 500 g/mol. The van der Waals surface area contributed by atoms with Crippen LogP contribution in [0.5, 0.6) is 0 Å². The van der Waals surface area contributed by atoms with Crippen LogP contribution in [0.1, 0.15) is 18.2 Å². The van der Waals surface area contributed by atoms with Crippen molar-refractivity contribution in [3.05, 3.63) is 58.0 Å². The molecule has 0 spiro atoms. The Morgan fingerprint density at radius 1 is 1.29 bits per heavy atom. The third-order valence-electron chi connectivity index (χ3n) is 4.47. The zero-order chi connectivity index (χ0) is 19.1. The van der Waals surface area contributed by atoms with Crippen LogP contribution in [0.25, 0.3) is 0 Å². The standard InChI is InChI=1S/C18H24N6O3.HI/c1-2-19-18(20-13-15-5-3-4-6-17(15)24(25)26)23-10-8-22(9-11-23)14-16-7-12-27-21-16;/h3-7,12H,2,8-11,13-14H2,1H3,(H,19,20);1H. The van der Waals surface area contributed by atoms with Gasteiger partial charge in [0.15, 0.2) is 5.96 Å². The summed E-state index contributed by atoms with van der Waals surface area (Å²) in [5.41, 5.74) is 1.65. The Labute approximate surface area is 180 Å². The van der Waals surface area contributed by atoms with E-state index in [4.69, 9.17) is 4.52 Å². The van der Waals surface area contributed by atoms with E-state index in [2.05, 4.69) is 25.3 Å². The van der Waals surface area contributed by atoms with Gasteiger partial charge in [-0.3, -0.25) is 15.0 Å². The number of benzene rings is 1. The highest BCUT2D eigenvalue weighted by atomic mass is 127. The Morgan fingerprint density at radius 2 is 2.04 bits per heavy atom. The highest BCUT2D eigenvalue weighted by Gasteiger charge is 2.20. The van der Waals surface area contributed by atoms with Crippen LogP contribution < -0.4 is 5.32 Å². The number of nitrogens with zero attached hydrogens (tertiary/aromatic N) is 5. The minimum Gasteiger partial charge on any atom is -0.364 e. The number of hydrogen-bond donors (Lipinski definition) is 1. The van der Waals surface area contributed by atoms with Crippen molar-refractivity contribution in [3.63, 3.8) is 0 Å². The minimum absolute atomic E-state index is 0. The summed E-state index contributed by atoms with van der Waals surface area (Å²) in [5.74, 6) is 0.789. The van der Waals surface area contributed by atoms with Gasteiger partial charge in [-0.15, -0.1) is 24.0 Å². The first-order valence-electron chi connectivity index (χ1n) is 9.04. The van der Waals surface area contributed by atoms with Gasteiger partial charge in [-0.1, -0.05) is 23.4 Å². The molecule has 1 aliphatic rings. The summed E-state index contributed by atoms with van der Waals surface area (Å²) in [6.45, 7) is 7.26. The summed E-state index contributed by atoms with van der Waals surface area (Å²) >= 11 is 0. The zero-order valence-corrected chi connectivity index (χ0v) is 18.1. The van der Waals surface area contributed by atoms with Gasteiger partial charge in [0.1, 0.15) is 6.26 Å². The number of hydrogen-bond acceptors (Lipinski definition) is 6. The van der Waals surface area contributed by atoms with Crippen LogP contribution in [0, 0.1) is 10.1 Å². The lowest BCUT2D eigenvalue weighted by atomic mass is 10.2. The molecule has 3 rings (SSSR count). The first-order valence-corrected chi connectivity index (χ1v) is 9.04. The molecule has 9 nitrogen and oxygen atoms in total. The predicted octanol–water partition coefficient (Wildman–Crippen LogP) is 2.48. The van der Waals surface area contributed by atoms with Gasteiger partial charge in [-0.25, -0.2) is 4.99 Å². The molecule has 1 aromatic heterocycles. The lowest BCUT2D eigenvalue weighted by Crippen LogP contribution is -2.52. The Balaban J connectivity index is 0.00000280. The van der Waals surface area contributed by atoms with Crippen molar-refractivity contribution in [2.45, 2.75) is 20.0 Å². The van der Waals surface area contributed by atoms with E-state index in [1.54, 1.807) is 24.5 Å². The summed E-state index contributed by atoms with van der Waals surface area (Å²) < 4.78 is 4.88. The van der Waals surface area contributed by atoms with Crippen molar-refractivity contribution in [2.24, 2.45) is 4.99 Å². The van der Waals surface area contributed by atoms with Crippen LogP contribution in [0.4, 0.5) is 5.69 Å². The van der Waals surface area contributed by atoms with Crippen molar-refractivity contribution in [2.75, 3.05) is 32.7 Å². The van der Waals surface area contributed by atoms with Crippen LogP contribution in [-0.4, -0.2) is 58.6 Å². The van der Waals surface area contributed by atoms with E-state index in [0.717, 1.165) is 50.9 Å². The molecule has 0 amide bonds. The normalized spacial score (nSPS) is 15.2. The van der Waals surface area contributed by atoms with Gasteiger partial charge in [-0.05, 0) is 6.92 Å². The Hall–Kier alpha value is -2.21. The number of halogens is 1. The Bertz CT molecular complexity index is 775. The second kappa shape index (κ2) is 11.0. The van der Waals surface area contributed by atoms with Gasteiger partial charge in [0.25, 0.3) is 5.69 Å². The third-order valence-corrected chi connectivity index (χ3v) is 4.47. The molecule has 1 N–H and O–H groups in total. The molecule has 2 heterocycles. The zero-order valence-electron chi connectivity index (χ0n) is 15.8. The van der Waals surface area contributed by atoms with Gasteiger partial charge in [0.2, 0.25) is 0 Å². The SMILES string of the molecule is CCNC(=NCc1ccccc1[N+](=O)[O-])N1CCN(Cc2ccon2)CC1.I. The molecule has 0 unspecified atom stereocenters. The lowest BCUT2D eigenvalue weighted by Gasteiger charge is -2.36. The summed E-state index contributed by atoms with van der Waals surface area (Å²) in [6.07, 6.45) is 1.59. The summed E-state index contributed by atoms with van der Waals surface area (Å²) in [5, 5.41) is 18.4. The summed E-state index contributed by atoms with van der Waals surface area (Å²) in [7, 11) is 0. The first-order chi connectivity index (χ1) is 13.2. The fraction of sp³-hybridized carbons (Fsp3) is 0.444. The lowest BCUT2D eigenvalue weighted by molar-refractivity contribution is -0.385. The molecular weight excluding hydrogens is 475 g/mol. The van der Waals surface area contributed by atoms with Crippen molar-refractivity contribution in [3.8, 4) is 0 Å². The van der Waals surface area contributed by atoms with Crippen molar-refractivity contribution in [1.29, 1.82) is 0 Å². The molecule has 28 heavy (non-hydrogen) atoms. The van der Waals surface area contributed by atoms with E-state index >= 15 is 0 Å². The summed E-state index contributed by atoms with van der Waals surface area (Å²) in [4.78, 5) is 20.0. The third kappa shape index (κ3) is 5.89. The fourth-order valence-electron chi connectivity index (χ4n) is 3.07. The highest BCUT2D eigenvalue weighted by molar-refractivity contribution is 14.0. The number of rotatable bonds is 6. The van der Waals surface area contributed by atoms with E-state index in [0.29, 0.717) is 5.56 Å². The second-order valence-electron chi connectivity index (χ2n) is 6.31. The van der Waals surface area contributed by atoms with E-state index < -0.39 is 0 Å². The van der Waals surface area contributed by atoms with Crippen LogP contribution in [0.15, 0.2) is 46.1 Å². The number of piperazine rings is 1. The molecule has 1 aromatic carbocycles. The number of para-hydroxylation sites is 1. The molecule has 0 bridgehead atoms. The molecule has 0 aliphatic carbocycles. The first kappa shape index (κ1) is 22.1. The largest absolute Gasteiger partial charge is 0.364 e. The quantitative estimate of drug-likeness (QED) is 0.214. The number of guanidine groups is 1. The number of aliphatic imine (C=N–C) groups is 1. The van der Waals surface area contributed by atoms with Crippen molar-refractivity contribution < 1.29 is 9.45 Å². The van der Waals surface area contributed by atoms with Crippen molar-refractivity contribution >= 4 is 35.6 Å². The van der Waals surface area contributed by atoms with Crippen LogP contribution in [0.3, 0.4) is 0 Å². The number of nitro benzene ring substituents is 1. The number of nitro groups is 1. The minimum atomic E-state index is -0.361. The van der Waals surface area contributed by atoms with Crippen LogP contribution in [0.2, 0.25) is 0 Å². The molecule has 2 aromatic rings. The van der Waals surface area contributed by atoms with Crippen molar-refractivity contribution in [1.82, 2.24) is 20.3 Å². The second-order valence-corrected chi connectivity index (χ2v) is 6.31. The number of aromatic nitrogens is 1. The molecule has 152 valence electrons. The predicted molar refractivity (Wildman–Crippen MR) is 117 cm³/mol. The topological polar surface area (TPSA) is 100 Å². The van der Waals surface area contributed by atoms with Gasteiger partial charge in [-0.2, -0.15) is 0 Å². The van der Waals surface area contributed by atoms with Gasteiger partial charge < -0.3 is 14.7 Å². The van der Waals surface area contributed by atoms with E-state index in [1.165, 1.54) is 6.07 Å². The molecule has 0 radical (unpaired) electrons. The van der Waals surface area contributed by atoms with E-state index in [-0.39, 0.29) is 41.1 Å². The van der Waals surface area contributed by atoms with Crippen LogP contribution >= 0.6 is 24.0 Å². The Kier molecular flexibility index (Phi) is 8.64. The van der Waals surface area contributed by atoms with Crippen LogP contribution in [-0.2, 0) is 13.1 Å². The molecule has 10 heteroatoms. The highest BCUT2D eigenvalue weighted by Crippen LogP contribution is 2.18. The summed E-state index contributed by atoms with van der Waals surface area (Å²) in [6, 6.07) is 8.62. The maximum Gasteiger partial charge on any atom is 0.274 e. The maximum atomic E-state index is 11.2.